The molecule has 0 amide bonds. The summed E-state index contributed by atoms with van der Waals surface area (Å²) < 4.78 is 5.68. The molecule has 0 aliphatic carbocycles. The van der Waals surface area contributed by atoms with E-state index < -0.39 is 0 Å². The number of rotatable bonds is 8. The first-order chi connectivity index (χ1) is 8.67. The van der Waals surface area contributed by atoms with E-state index in [0.29, 0.717) is 22.4 Å². The highest BCUT2D eigenvalue weighted by Gasteiger charge is 2.05. The van der Waals surface area contributed by atoms with Gasteiger partial charge in [0, 0.05) is 11.6 Å². The van der Waals surface area contributed by atoms with Gasteiger partial charge in [0.25, 0.3) is 0 Å². The fourth-order valence-corrected chi connectivity index (χ4v) is 2.31. The fourth-order valence-electron chi connectivity index (χ4n) is 1.84. The second kappa shape index (κ2) is 8.63. The smallest absolute Gasteiger partial charge is 0.138 e. The first-order valence-corrected chi connectivity index (χ1v) is 7.23. The van der Waals surface area contributed by atoms with Crippen molar-refractivity contribution < 1.29 is 4.74 Å². The topological polar surface area (TPSA) is 12.5 Å². The summed E-state index contributed by atoms with van der Waals surface area (Å²) in [5.41, 5.74) is 0. The third-order valence-electron chi connectivity index (χ3n) is 2.64. The van der Waals surface area contributed by atoms with Crippen molar-refractivity contribution in [2.45, 2.75) is 26.7 Å². The zero-order chi connectivity index (χ0) is 13.4. The highest BCUT2D eigenvalue weighted by molar-refractivity contribution is 6.35. The monoisotopic (exact) mass is 289 g/mol. The number of ether oxygens (including phenoxy) is 1. The maximum absolute atomic E-state index is 6.04. The first-order valence-electron chi connectivity index (χ1n) is 6.47. The van der Waals surface area contributed by atoms with Crippen LogP contribution in [0.4, 0.5) is 0 Å². The minimum absolute atomic E-state index is 0.569. The molecule has 0 aromatic heterocycles. The summed E-state index contributed by atoms with van der Waals surface area (Å²) >= 11 is 11.9. The van der Waals surface area contributed by atoms with Crippen LogP contribution < -0.4 is 4.74 Å². The third kappa shape index (κ3) is 5.47. The molecule has 0 radical (unpaired) electrons. The number of halogens is 2. The number of hydrogen-bond acceptors (Lipinski definition) is 2. The lowest BCUT2D eigenvalue weighted by Gasteiger charge is -2.21. The van der Waals surface area contributed by atoms with Crippen LogP contribution in [0.2, 0.25) is 10.0 Å². The Balaban J connectivity index is 2.39. The van der Waals surface area contributed by atoms with Crippen molar-refractivity contribution >= 4 is 23.2 Å². The molecule has 0 saturated heterocycles. The average Bonchev–Trinajstić information content (AvgIpc) is 2.32. The van der Waals surface area contributed by atoms with Crippen molar-refractivity contribution in [2.75, 3.05) is 26.2 Å². The van der Waals surface area contributed by atoms with Crippen LogP contribution in [0.5, 0.6) is 5.75 Å². The molecule has 4 heteroatoms. The highest BCUT2D eigenvalue weighted by atomic mass is 35.5. The van der Waals surface area contributed by atoms with Crippen LogP contribution in [0.3, 0.4) is 0 Å². The Hall–Kier alpha value is -0.440. The van der Waals surface area contributed by atoms with Crippen LogP contribution >= 0.6 is 23.2 Å². The van der Waals surface area contributed by atoms with Crippen molar-refractivity contribution in [3.05, 3.63) is 28.2 Å². The van der Waals surface area contributed by atoms with E-state index in [9.17, 15) is 0 Å². The van der Waals surface area contributed by atoms with Gasteiger partial charge in [-0.2, -0.15) is 0 Å². The summed E-state index contributed by atoms with van der Waals surface area (Å²) in [4.78, 5) is 2.41. The van der Waals surface area contributed by atoms with Crippen molar-refractivity contribution in [3.63, 3.8) is 0 Å². The standard InChI is InChI=1S/C14H21Cl2NO/c1-3-7-17(8-4-2)9-10-18-14-6-5-12(15)11-13(14)16/h5-6,11H,3-4,7-10H2,1-2H3. The van der Waals surface area contributed by atoms with Crippen LogP contribution in [-0.4, -0.2) is 31.1 Å². The maximum atomic E-state index is 6.04. The first kappa shape index (κ1) is 15.6. The highest BCUT2D eigenvalue weighted by Crippen LogP contribution is 2.27. The summed E-state index contributed by atoms with van der Waals surface area (Å²) in [5.74, 6) is 0.703. The molecule has 0 unspecified atom stereocenters. The van der Waals surface area contributed by atoms with Crippen LogP contribution in [-0.2, 0) is 0 Å². The van der Waals surface area contributed by atoms with E-state index in [4.69, 9.17) is 27.9 Å². The van der Waals surface area contributed by atoms with Gasteiger partial charge in [0.1, 0.15) is 12.4 Å². The molecule has 1 rings (SSSR count). The van der Waals surface area contributed by atoms with Gasteiger partial charge in [-0.15, -0.1) is 0 Å². The molecule has 0 bridgehead atoms. The molecule has 18 heavy (non-hydrogen) atoms. The van der Waals surface area contributed by atoms with Gasteiger partial charge >= 0.3 is 0 Å². The molecule has 1 aromatic carbocycles. The molecule has 0 N–H and O–H groups in total. The Labute approximate surface area is 120 Å². The SMILES string of the molecule is CCCN(CCC)CCOc1ccc(Cl)cc1Cl. The van der Waals surface area contributed by atoms with Gasteiger partial charge in [0.15, 0.2) is 0 Å². The van der Waals surface area contributed by atoms with Gasteiger partial charge in [-0.25, -0.2) is 0 Å². The molecule has 0 heterocycles. The Morgan fingerprint density at radius 1 is 1.06 bits per heavy atom. The molecular formula is C14H21Cl2NO. The molecule has 0 fully saturated rings. The van der Waals surface area contributed by atoms with Gasteiger partial charge < -0.3 is 4.74 Å². The summed E-state index contributed by atoms with van der Waals surface area (Å²) in [5, 5.41) is 1.20. The van der Waals surface area contributed by atoms with Crippen LogP contribution in [0, 0.1) is 0 Å². The minimum atomic E-state index is 0.569. The van der Waals surface area contributed by atoms with E-state index in [1.165, 1.54) is 12.8 Å². The molecule has 102 valence electrons. The molecule has 1 aromatic rings. The Morgan fingerprint density at radius 3 is 2.28 bits per heavy atom. The largest absolute Gasteiger partial charge is 0.491 e. The summed E-state index contributed by atoms with van der Waals surface area (Å²) in [7, 11) is 0. The molecule has 0 aliphatic rings. The van der Waals surface area contributed by atoms with Gasteiger partial charge in [-0.3, -0.25) is 4.90 Å². The third-order valence-corrected chi connectivity index (χ3v) is 3.17. The minimum Gasteiger partial charge on any atom is -0.491 e. The second-order valence-electron chi connectivity index (χ2n) is 4.26. The lowest BCUT2D eigenvalue weighted by Crippen LogP contribution is -2.30. The Bertz CT molecular complexity index is 352. The van der Waals surface area contributed by atoms with E-state index in [1.54, 1.807) is 12.1 Å². The lowest BCUT2D eigenvalue weighted by atomic mass is 10.3. The Kier molecular flexibility index (Phi) is 7.48. The van der Waals surface area contributed by atoms with Crippen molar-refractivity contribution in [3.8, 4) is 5.75 Å². The van der Waals surface area contributed by atoms with Gasteiger partial charge in [0.2, 0.25) is 0 Å². The molecular weight excluding hydrogens is 269 g/mol. The van der Waals surface area contributed by atoms with Crippen LogP contribution in [0.15, 0.2) is 18.2 Å². The average molecular weight is 290 g/mol. The van der Waals surface area contributed by atoms with E-state index in [2.05, 4.69) is 18.7 Å². The van der Waals surface area contributed by atoms with Crippen LogP contribution in [0.25, 0.3) is 0 Å². The predicted molar refractivity (Wildman–Crippen MR) is 79.0 cm³/mol. The molecule has 0 atom stereocenters. The van der Waals surface area contributed by atoms with E-state index in [0.717, 1.165) is 19.6 Å². The second-order valence-corrected chi connectivity index (χ2v) is 5.11. The normalized spacial score (nSPS) is 10.9. The molecule has 0 spiro atoms. The summed E-state index contributed by atoms with van der Waals surface area (Å²) in [6, 6.07) is 5.31. The Morgan fingerprint density at radius 2 is 1.72 bits per heavy atom. The van der Waals surface area contributed by atoms with E-state index >= 15 is 0 Å². The van der Waals surface area contributed by atoms with E-state index in [-0.39, 0.29) is 0 Å². The van der Waals surface area contributed by atoms with Crippen LogP contribution in [0.1, 0.15) is 26.7 Å². The zero-order valence-electron chi connectivity index (χ0n) is 11.1. The zero-order valence-corrected chi connectivity index (χ0v) is 12.6. The summed E-state index contributed by atoms with van der Waals surface area (Å²) in [6.07, 6.45) is 2.34. The molecule has 2 nitrogen and oxygen atoms in total. The number of nitrogens with zero attached hydrogens (tertiary/aromatic N) is 1. The van der Waals surface area contributed by atoms with Gasteiger partial charge in [-0.05, 0) is 44.1 Å². The van der Waals surface area contributed by atoms with Gasteiger partial charge in [0.05, 0.1) is 5.02 Å². The predicted octanol–water partition coefficient (Wildman–Crippen LogP) is 4.49. The quantitative estimate of drug-likeness (QED) is 0.699. The van der Waals surface area contributed by atoms with Crippen molar-refractivity contribution in [1.82, 2.24) is 4.90 Å². The summed E-state index contributed by atoms with van der Waals surface area (Å²) in [6.45, 7) is 8.21. The molecule has 0 saturated carbocycles. The van der Waals surface area contributed by atoms with E-state index in [1.807, 2.05) is 6.07 Å². The molecule has 0 aliphatic heterocycles. The fraction of sp³-hybridized carbons (Fsp3) is 0.571. The lowest BCUT2D eigenvalue weighted by molar-refractivity contribution is 0.209. The number of hydrogen-bond donors (Lipinski definition) is 0. The van der Waals surface area contributed by atoms with Crippen molar-refractivity contribution in [2.24, 2.45) is 0 Å². The van der Waals surface area contributed by atoms with Gasteiger partial charge in [-0.1, -0.05) is 37.0 Å². The maximum Gasteiger partial charge on any atom is 0.138 e. The number of benzene rings is 1. The van der Waals surface area contributed by atoms with Crippen molar-refractivity contribution in [1.29, 1.82) is 0 Å².